The Morgan fingerprint density at radius 2 is 2.00 bits per heavy atom. The lowest BCUT2D eigenvalue weighted by molar-refractivity contribution is -0.115. The van der Waals surface area contributed by atoms with E-state index in [4.69, 9.17) is 4.74 Å². The van der Waals surface area contributed by atoms with Gasteiger partial charge in [0.25, 0.3) is 15.9 Å². The number of amidine groups is 1. The van der Waals surface area contributed by atoms with Crippen LogP contribution in [-0.2, 0) is 14.8 Å². The van der Waals surface area contributed by atoms with Crippen LogP contribution in [0.5, 0.6) is 5.75 Å². The Kier molecular flexibility index (Phi) is 4.74. The summed E-state index contributed by atoms with van der Waals surface area (Å²) in [6, 6.07) is 7.35. The first-order chi connectivity index (χ1) is 13.4. The molecule has 0 aromatic heterocycles. The zero-order valence-electron chi connectivity index (χ0n) is 15.9. The highest BCUT2D eigenvalue weighted by molar-refractivity contribution is 7.90. The van der Waals surface area contributed by atoms with Gasteiger partial charge in [0, 0.05) is 24.5 Å². The van der Waals surface area contributed by atoms with Crippen LogP contribution in [0, 0.1) is 5.92 Å². The number of allylic oxidation sites excluding steroid dienone is 2. The Bertz CT molecular complexity index is 975. The molecule has 1 atom stereocenters. The van der Waals surface area contributed by atoms with Gasteiger partial charge < -0.3 is 14.5 Å². The quantitative estimate of drug-likeness (QED) is 0.757. The van der Waals surface area contributed by atoms with Crippen LogP contribution in [0.3, 0.4) is 0 Å². The molecule has 1 aromatic rings. The highest BCUT2D eigenvalue weighted by Crippen LogP contribution is 2.38. The van der Waals surface area contributed by atoms with Crippen molar-refractivity contribution in [2.24, 2.45) is 10.3 Å². The molecular weight excluding hydrogens is 378 g/mol. The molecule has 1 amide bonds. The molecule has 0 radical (unpaired) electrons. The molecule has 0 N–H and O–H groups in total. The number of fused-ring (bicyclic) bond motifs is 1. The maximum atomic E-state index is 13.6. The van der Waals surface area contributed by atoms with Gasteiger partial charge in [0.1, 0.15) is 5.75 Å². The molecule has 4 rings (SSSR count). The van der Waals surface area contributed by atoms with E-state index in [-0.39, 0.29) is 23.5 Å². The first-order valence-electron chi connectivity index (χ1n) is 9.35. The molecular formula is C20H23N3O4S. The zero-order chi connectivity index (χ0) is 19.9. The van der Waals surface area contributed by atoms with E-state index in [1.807, 2.05) is 31.2 Å². The molecule has 0 spiro atoms. The maximum Gasteiger partial charge on any atom is 0.262 e. The van der Waals surface area contributed by atoms with Crippen molar-refractivity contribution in [1.82, 2.24) is 4.90 Å². The topological polar surface area (TPSA) is 79.3 Å². The Morgan fingerprint density at radius 1 is 1.29 bits per heavy atom. The van der Waals surface area contributed by atoms with Crippen molar-refractivity contribution in [1.29, 1.82) is 0 Å². The average molecular weight is 401 g/mol. The number of sulfonamides is 1. The molecule has 1 aliphatic carbocycles. The minimum Gasteiger partial charge on any atom is -0.497 e. The van der Waals surface area contributed by atoms with Crippen molar-refractivity contribution < 1.29 is 17.9 Å². The van der Waals surface area contributed by atoms with Crippen LogP contribution in [0.2, 0.25) is 0 Å². The first-order valence-corrected chi connectivity index (χ1v) is 11.0. The number of carbonyl (C=O) groups excluding carboxylic acids is 1. The lowest BCUT2D eigenvalue weighted by Gasteiger charge is -2.34. The van der Waals surface area contributed by atoms with Crippen LogP contribution in [0.15, 0.2) is 52.6 Å². The lowest BCUT2D eigenvalue weighted by Crippen LogP contribution is -2.46. The highest BCUT2D eigenvalue weighted by atomic mass is 32.2. The smallest absolute Gasteiger partial charge is 0.262 e. The van der Waals surface area contributed by atoms with Crippen LogP contribution >= 0.6 is 0 Å². The van der Waals surface area contributed by atoms with Gasteiger partial charge in [-0.15, -0.1) is 4.40 Å². The van der Waals surface area contributed by atoms with E-state index < -0.39 is 10.0 Å². The predicted molar refractivity (Wildman–Crippen MR) is 108 cm³/mol. The molecule has 0 bridgehead atoms. The summed E-state index contributed by atoms with van der Waals surface area (Å²) in [6.07, 6.45) is 7.34. The van der Waals surface area contributed by atoms with Crippen LogP contribution in [0.4, 0.5) is 5.69 Å². The number of rotatable bonds is 5. The molecule has 148 valence electrons. The fourth-order valence-corrected chi connectivity index (χ4v) is 4.57. The zero-order valence-corrected chi connectivity index (χ0v) is 16.7. The number of anilines is 1. The molecule has 1 saturated carbocycles. The third kappa shape index (κ3) is 3.56. The minimum absolute atomic E-state index is 0.00180. The van der Waals surface area contributed by atoms with Gasteiger partial charge in [-0.2, -0.15) is 0 Å². The molecule has 1 unspecified atom stereocenters. The maximum absolute atomic E-state index is 13.6. The Labute approximate surface area is 165 Å². The number of benzene rings is 1. The Hall–Kier alpha value is -2.61. The summed E-state index contributed by atoms with van der Waals surface area (Å²) >= 11 is 0. The molecule has 3 aliphatic rings. The fraction of sp³-hybridized carbons (Fsp3) is 0.400. The van der Waals surface area contributed by atoms with Crippen LogP contribution in [0.25, 0.3) is 0 Å². The molecule has 8 heteroatoms. The highest BCUT2D eigenvalue weighted by Gasteiger charge is 2.39. The second-order valence-corrected chi connectivity index (χ2v) is 9.02. The second kappa shape index (κ2) is 7.09. The summed E-state index contributed by atoms with van der Waals surface area (Å²) < 4.78 is 33.2. The van der Waals surface area contributed by atoms with Gasteiger partial charge in [0.2, 0.25) is 0 Å². The van der Waals surface area contributed by atoms with Crippen molar-refractivity contribution in [2.45, 2.75) is 25.8 Å². The van der Waals surface area contributed by atoms with Gasteiger partial charge in [0.05, 0.1) is 18.4 Å². The number of ether oxygens (including phenoxy) is 1. The summed E-state index contributed by atoms with van der Waals surface area (Å²) in [5, 5.41) is 0. The molecule has 2 aliphatic heterocycles. The van der Waals surface area contributed by atoms with Gasteiger partial charge in [0.15, 0.2) is 5.84 Å². The monoisotopic (exact) mass is 401 g/mol. The van der Waals surface area contributed by atoms with Crippen molar-refractivity contribution in [3.8, 4) is 5.75 Å². The molecule has 1 fully saturated rings. The Morgan fingerprint density at radius 3 is 2.64 bits per heavy atom. The van der Waals surface area contributed by atoms with E-state index in [1.165, 1.54) is 0 Å². The minimum atomic E-state index is -3.56. The van der Waals surface area contributed by atoms with Crippen LogP contribution in [0.1, 0.15) is 19.8 Å². The van der Waals surface area contributed by atoms with E-state index in [1.54, 1.807) is 35.3 Å². The number of amides is 1. The van der Waals surface area contributed by atoms with Gasteiger partial charge in [-0.25, -0.2) is 8.42 Å². The van der Waals surface area contributed by atoms with Crippen molar-refractivity contribution in [2.75, 3.05) is 24.3 Å². The largest absolute Gasteiger partial charge is 0.497 e. The number of carbonyl (C=O) groups is 1. The average Bonchev–Trinajstić information content (AvgIpc) is 3.52. The third-order valence-electron chi connectivity index (χ3n) is 5.37. The molecule has 1 aromatic carbocycles. The standard InChI is InChI=1S/C20H23N3O4S/c1-14(15-5-6-15)23(16-7-9-17(27-2)10-8-16)20(24)18-4-3-11-22-12-13-28(25,26)21-19(18)22/h3-4,7-11,14-15H,5-6,12-13H2,1-2H3. The number of methoxy groups -OCH3 is 1. The molecule has 7 nitrogen and oxygen atoms in total. The van der Waals surface area contributed by atoms with E-state index in [0.29, 0.717) is 23.8 Å². The first kappa shape index (κ1) is 18.7. The van der Waals surface area contributed by atoms with Gasteiger partial charge in [-0.05, 0) is 62.1 Å². The SMILES string of the molecule is COc1ccc(N(C(=O)C2=CC=CN3CCS(=O)(=O)N=C23)C(C)C2CC2)cc1. The van der Waals surface area contributed by atoms with Crippen LogP contribution in [-0.4, -0.2) is 50.5 Å². The van der Waals surface area contributed by atoms with E-state index in [2.05, 4.69) is 4.40 Å². The fourth-order valence-electron chi connectivity index (χ4n) is 3.58. The molecule has 28 heavy (non-hydrogen) atoms. The van der Waals surface area contributed by atoms with Crippen molar-refractivity contribution in [3.05, 3.63) is 48.2 Å². The number of nitrogens with zero attached hydrogens (tertiary/aromatic N) is 3. The van der Waals surface area contributed by atoms with Gasteiger partial charge in [-0.1, -0.05) is 0 Å². The van der Waals surface area contributed by atoms with Gasteiger partial charge >= 0.3 is 0 Å². The molecule has 0 saturated heterocycles. The van der Waals surface area contributed by atoms with E-state index in [9.17, 15) is 13.2 Å². The van der Waals surface area contributed by atoms with Crippen LogP contribution < -0.4 is 9.64 Å². The third-order valence-corrected chi connectivity index (χ3v) is 6.52. The summed E-state index contributed by atoms with van der Waals surface area (Å²) in [7, 11) is -1.96. The van der Waals surface area contributed by atoms with E-state index >= 15 is 0 Å². The van der Waals surface area contributed by atoms with Gasteiger partial charge in [-0.3, -0.25) is 4.79 Å². The molecule has 2 heterocycles. The number of hydrogen-bond acceptors (Lipinski definition) is 5. The lowest BCUT2D eigenvalue weighted by atomic mass is 10.1. The second-order valence-electron chi connectivity index (χ2n) is 7.27. The normalized spacial score (nSPS) is 21.3. The predicted octanol–water partition coefficient (Wildman–Crippen LogP) is 2.32. The summed E-state index contributed by atoms with van der Waals surface area (Å²) in [5.41, 5.74) is 1.06. The Balaban J connectivity index is 1.73. The summed E-state index contributed by atoms with van der Waals surface area (Å²) in [6.45, 7) is 2.33. The van der Waals surface area contributed by atoms with Crippen molar-refractivity contribution >= 4 is 27.5 Å². The van der Waals surface area contributed by atoms with Crippen molar-refractivity contribution in [3.63, 3.8) is 0 Å². The summed E-state index contributed by atoms with van der Waals surface area (Å²) in [4.78, 5) is 17.1. The summed E-state index contributed by atoms with van der Waals surface area (Å²) in [5.74, 6) is 1.07. The number of hydrogen-bond donors (Lipinski definition) is 0. The van der Waals surface area contributed by atoms with E-state index in [0.717, 1.165) is 18.5 Å².